The fourth-order valence-electron chi connectivity index (χ4n) is 1.53. The van der Waals surface area contributed by atoms with Crippen molar-refractivity contribution in [1.82, 2.24) is 10.6 Å². The lowest BCUT2D eigenvalue weighted by molar-refractivity contribution is -0.123. The zero-order chi connectivity index (χ0) is 17.4. The summed E-state index contributed by atoms with van der Waals surface area (Å²) >= 11 is 3.25. The fraction of sp³-hybridized carbons (Fsp3) is 0.400. The average Bonchev–Trinajstić information content (AvgIpc) is 2.52. The highest BCUT2D eigenvalue weighted by Crippen LogP contribution is 2.25. The second-order valence-corrected chi connectivity index (χ2v) is 5.61. The Bertz CT molecular complexity index is 591. The van der Waals surface area contributed by atoms with Gasteiger partial charge < -0.3 is 14.8 Å². The van der Waals surface area contributed by atoms with E-state index in [4.69, 9.17) is 9.47 Å². The zero-order valence-electron chi connectivity index (χ0n) is 13.1. The molecule has 0 fully saturated rings. The van der Waals surface area contributed by atoms with Crippen molar-refractivity contribution in [2.24, 2.45) is 0 Å². The Morgan fingerprint density at radius 3 is 2.57 bits per heavy atom. The van der Waals surface area contributed by atoms with Gasteiger partial charge >= 0.3 is 12.0 Å². The third-order valence-corrected chi connectivity index (χ3v) is 3.58. The molecule has 0 unspecified atom stereocenters. The predicted molar refractivity (Wildman–Crippen MR) is 87.4 cm³/mol. The van der Waals surface area contributed by atoms with Crippen LogP contribution < -0.4 is 15.4 Å². The number of rotatable bonds is 6. The standard InChI is InChI=1S/C15H19BrN2O5/c1-4-9(2)17-15(21)18-13(19)8-23-14(20)10-5-6-12(22-3)11(16)7-10/h5-7,9H,4,8H2,1-3H3,(H2,17,18,19,21)/t9-/m0/s1. The number of carbonyl (C=O) groups is 3. The van der Waals surface area contributed by atoms with Gasteiger partial charge in [0.15, 0.2) is 6.61 Å². The molecule has 0 bridgehead atoms. The molecule has 8 heteroatoms. The molecule has 0 heterocycles. The number of benzene rings is 1. The van der Waals surface area contributed by atoms with Crippen molar-refractivity contribution in [3.8, 4) is 5.75 Å². The van der Waals surface area contributed by atoms with Gasteiger partial charge in [0.25, 0.3) is 5.91 Å². The van der Waals surface area contributed by atoms with E-state index in [1.54, 1.807) is 6.07 Å². The summed E-state index contributed by atoms with van der Waals surface area (Å²) in [5.41, 5.74) is 0.259. The maximum atomic E-state index is 11.8. The molecule has 0 aromatic heterocycles. The number of methoxy groups -OCH3 is 1. The number of ether oxygens (including phenoxy) is 2. The van der Waals surface area contributed by atoms with Crippen LogP contribution in [0.25, 0.3) is 0 Å². The van der Waals surface area contributed by atoms with Gasteiger partial charge in [0.1, 0.15) is 5.75 Å². The van der Waals surface area contributed by atoms with Crippen LogP contribution in [-0.2, 0) is 9.53 Å². The molecular weight excluding hydrogens is 368 g/mol. The molecule has 0 saturated carbocycles. The van der Waals surface area contributed by atoms with Crippen LogP contribution in [0, 0.1) is 0 Å². The molecule has 1 atom stereocenters. The van der Waals surface area contributed by atoms with Crippen LogP contribution in [0.5, 0.6) is 5.75 Å². The van der Waals surface area contributed by atoms with E-state index in [0.29, 0.717) is 10.2 Å². The average molecular weight is 387 g/mol. The molecule has 0 aliphatic rings. The van der Waals surface area contributed by atoms with E-state index in [1.165, 1.54) is 19.2 Å². The van der Waals surface area contributed by atoms with Crippen molar-refractivity contribution < 1.29 is 23.9 Å². The SMILES string of the molecule is CC[C@H](C)NC(=O)NC(=O)COC(=O)c1ccc(OC)c(Br)c1. The maximum absolute atomic E-state index is 11.8. The highest BCUT2D eigenvalue weighted by atomic mass is 79.9. The topological polar surface area (TPSA) is 93.7 Å². The largest absolute Gasteiger partial charge is 0.496 e. The summed E-state index contributed by atoms with van der Waals surface area (Å²) in [5.74, 6) is -0.807. The molecule has 1 aromatic carbocycles. The van der Waals surface area contributed by atoms with Crippen LogP contribution >= 0.6 is 15.9 Å². The van der Waals surface area contributed by atoms with E-state index in [9.17, 15) is 14.4 Å². The van der Waals surface area contributed by atoms with Gasteiger partial charge in [0, 0.05) is 6.04 Å². The first kappa shape index (κ1) is 19.0. The summed E-state index contributed by atoms with van der Waals surface area (Å²) in [5, 5.41) is 4.65. The van der Waals surface area contributed by atoms with Crippen molar-refractivity contribution in [1.29, 1.82) is 0 Å². The van der Waals surface area contributed by atoms with Crippen LogP contribution in [-0.4, -0.2) is 37.7 Å². The molecule has 2 N–H and O–H groups in total. The smallest absolute Gasteiger partial charge is 0.338 e. The molecule has 0 saturated heterocycles. The lowest BCUT2D eigenvalue weighted by Crippen LogP contribution is -2.44. The molecule has 7 nitrogen and oxygen atoms in total. The number of hydrogen-bond acceptors (Lipinski definition) is 5. The Labute approximate surface area is 142 Å². The monoisotopic (exact) mass is 386 g/mol. The van der Waals surface area contributed by atoms with Gasteiger partial charge in [-0.05, 0) is 47.5 Å². The Kier molecular flexibility index (Phi) is 7.53. The van der Waals surface area contributed by atoms with Gasteiger partial charge in [-0.25, -0.2) is 9.59 Å². The Morgan fingerprint density at radius 2 is 2.00 bits per heavy atom. The van der Waals surface area contributed by atoms with Crippen LogP contribution in [0.15, 0.2) is 22.7 Å². The second-order valence-electron chi connectivity index (χ2n) is 4.76. The van der Waals surface area contributed by atoms with E-state index < -0.39 is 24.5 Å². The molecule has 3 amide bonds. The first-order valence-corrected chi connectivity index (χ1v) is 7.77. The number of carbonyl (C=O) groups excluding carboxylic acids is 3. The molecule has 1 aromatic rings. The minimum absolute atomic E-state index is 0.0537. The fourth-order valence-corrected chi connectivity index (χ4v) is 2.07. The quantitative estimate of drug-likeness (QED) is 0.731. The summed E-state index contributed by atoms with van der Waals surface area (Å²) in [4.78, 5) is 34.8. The van der Waals surface area contributed by atoms with E-state index in [-0.39, 0.29) is 11.6 Å². The number of imide groups is 1. The van der Waals surface area contributed by atoms with Gasteiger partial charge in [0.2, 0.25) is 0 Å². The third kappa shape index (κ3) is 6.27. The summed E-state index contributed by atoms with van der Waals surface area (Å²) in [6.07, 6.45) is 0.739. The predicted octanol–water partition coefficient (Wildman–Crippen LogP) is 2.24. The molecule has 0 spiro atoms. The van der Waals surface area contributed by atoms with Gasteiger partial charge in [-0.3, -0.25) is 10.1 Å². The molecule has 1 rings (SSSR count). The van der Waals surface area contributed by atoms with Gasteiger partial charge in [0.05, 0.1) is 17.1 Å². The van der Waals surface area contributed by atoms with Crippen LogP contribution in [0.2, 0.25) is 0 Å². The number of halogens is 1. The Morgan fingerprint density at radius 1 is 1.30 bits per heavy atom. The van der Waals surface area contributed by atoms with E-state index in [0.717, 1.165) is 6.42 Å². The van der Waals surface area contributed by atoms with Gasteiger partial charge in [-0.2, -0.15) is 0 Å². The maximum Gasteiger partial charge on any atom is 0.338 e. The normalized spacial score (nSPS) is 11.3. The summed E-state index contributed by atoms with van der Waals surface area (Å²) in [6.45, 7) is 3.17. The number of nitrogens with one attached hydrogen (secondary N) is 2. The molecule has 0 radical (unpaired) electrons. The number of urea groups is 1. The second kappa shape index (κ2) is 9.14. The van der Waals surface area contributed by atoms with E-state index in [2.05, 4.69) is 26.6 Å². The van der Waals surface area contributed by atoms with Crippen molar-refractivity contribution in [3.05, 3.63) is 28.2 Å². The Balaban J connectivity index is 2.48. The van der Waals surface area contributed by atoms with Crippen molar-refractivity contribution in [3.63, 3.8) is 0 Å². The number of hydrogen-bond donors (Lipinski definition) is 2. The summed E-state index contributed by atoms with van der Waals surface area (Å²) < 4.78 is 10.5. The highest BCUT2D eigenvalue weighted by molar-refractivity contribution is 9.10. The van der Waals surface area contributed by atoms with Gasteiger partial charge in [-0.1, -0.05) is 6.92 Å². The highest BCUT2D eigenvalue weighted by Gasteiger charge is 2.14. The summed E-state index contributed by atoms with van der Waals surface area (Å²) in [7, 11) is 1.51. The molecule has 23 heavy (non-hydrogen) atoms. The molecule has 126 valence electrons. The molecule has 0 aliphatic heterocycles. The Hall–Kier alpha value is -2.09. The minimum atomic E-state index is -0.702. The zero-order valence-corrected chi connectivity index (χ0v) is 14.7. The summed E-state index contributed by atoms with van der Waals surface area (Å²) in [6, 6.07) is 3.96. The van der Waals surface area contributed by atoms with E-state index >= 15 is 0 Å². The molecular formula is C15H19BrN2O5. The third-order valence-electron chi connectivity index (χ3n) is 2.96. The van der Waals surface area contributed by atoms with Crippen LogP contribution in [0.4, 0.5) is 4.79 Å². The number of esters is 1. The van der Waals surface area contributed by atoms with Crippen molar-refractivity contribution >= 4 is 33.8 Å². The lowest BCUT2D eigenvalue weighted by atomic mass is 10.2. The first-order chi connectivity index (χ1) is 10.9. The van der Waals surface area contributed by atoms with Crippen LogP contribution in [0.1, 0.15) is 30.6 Å². The number of amides is 3. The van der Waals surface area contributed by atoms with Crippen LogP contribution in [0.3, 0.4) is 0 Å². The molecule has 0 aliphatic carbocycles. The minimum Gasteiger partial charge on any atom is -0.496 e. The first-order valence-electron chi connectivity index (χ1n) is 6.98. The van der Waals surface area contributed by atoms with Crippen molar-refractivity contribution in [2.45, 2.75) is 26.3 Å². The van der Waals surface area contributed by atoms with Crippen molar-refractivity contribution in [2.75, 3.05) is 13.7 Å². The lowest BCUT2D eigenvalue weighted by Gasteiger charge is -2.12. The van der Waals surface area contributed by atoms with Gasteiger partial charge in [-0.15, -0.1) is 0 Å². The van der Waals surface area contributed by atoms with E-state index in [1.807, 2.05) is 13.8 Å².